The molecule has 2 nitrogen and oxygen atoms in total. The van der Waals surface area contributed by atoms with Gasteiger partial charge in [0.2, 0.25) is 0 Å². The highest BCUT2D eigenvalue weighted by Crippen LogP contribution is 2.17. The van der Waals surface area contributed by atoms with Gasteiger partial charge >= 0.3 is 0 Å². The third kappa shape index (κ3) is 4.02. The van der Waals surface area contributed by atoms with Gasteiger partial charge in [0.25, 0.3) is 0 Å². The number of piperidine rings is 1. The molecule has 1 aliphatic heterocycles. The van der Waals surface area contributed by atoms with Crippen LogP contribution >= 0.6 is 0 Å². The number of hydrogen-bond acceptors (Lipinski definition) is 2. The highest BCUT2D eigenvalue weighted by molar-refractivity contribution is 5.31. The molecule has 0 radical (unpaired) electrons. The SMILES string of the molecule is Cc1ccccc1OCCCN1CCC(C)CC1. The van der Waals surface area contributed by atoms with Crippen LogP contribution in [0.4, 0.5) is 0 Å². The van der Waals surface area contributed by atoms with Crippen molar-refractivity contribution in [2.24, 2.45) is 5.92 Å². The van der Waals surface area contributed by atoms with Crippen LogP contribution in [0.5, 0.6) is 5.75 Å². The van der Waals surface area contributed by atoms with Crippen molar-refractivity contribution >= 4 is 0 Å². The number of aryl methyl sites for hydroxylation is 1. The first-order valence-corrected chi connectivity index (χ1v) is 7.16. The lowest BCUT2D eigenvalue weighted by Gasteiger charge is -2.30. The summed E-state index contributed by atoms with van der Waals surface area (Å²) in [5.41, 5.74) is 1.23. The van der Waals surface area contributed by atoms with E-state index in [1.165, 1.54) is 38.0 Å². The lowest BCUT2D eigenvalue weighted by Crippen LogP contribution is -2.34. The van der Waals surface area contributed by atoms with Gasteiger partial charge in [-0.2, -0.15) is 0 Å². The molecule has 1 aromatic rings. The second-order valence-electron chi connectivity index (χ2n) is 5.49. The monoisotopic (exact) mass is 247 g/mol. The van der Waals surface area contributed by atoms with E-state index < -0.39 is 0 Å². The fraction of sp³-hybridized carbons (Fsp3) is 0.625. The summed E-state index contributed by atoms with van der Waals surface area (Å²) in [5.74, 6) is 1.95. The summed E-state index contributed by atoms with van der Waals surface area (Å²) in [6, 6.07) is 8.24. The molecule has 100 valence electrons. The van der Waals surface area contributed by atoms with Gasteiger partial charge in [-0.1, -0.05) is 25.1 Å². The summed E-state index contributed by atoms with van der Waals surface area (Å²) in [6.07, 6.45) is 3.85. The normalized spacial score (nSPS) is 17.9. The van der Waals surface area contributed by atoms with Crippen LogP contribution in [-0.2, 0) is 0 Å². The Kier molecular flexibility index (Phi) is 5.06. The minimum atomic E-state index is 0.830. The van der Waals surface area contributed by atoms with Crippen molar-refractivity contribution in [2.75, 3.05) is 26.2 Å². The van der Waals surface area contributed by atoms with E-state index in [1.807, 2.05) is 6.07 Å². The quantitative estimate of drug-likeness (QED) is 0.738. The van der Waals surface area contributed by atoms with E-state index in [4.69, 9.17) is 4.74 Å². The van der Waals surface area contributed by atoms with Crippen molar-refractivity contribution in [3.63, 3.8) is 0 Å². The maximum atomic E-state index is 5.82. The zero-order valence-electron chi connectivity index (χ0n) is 11.7. The number of likely N-dealkylation sites (tertiary alicyclic amines) is 1. The van der Waals surface area contributed by atoms with Crippen molar-refractivity contribution in [3.05, 3.63) is 29.8 Å². The smallest absolute Gasteiger partial charge is 0.122 e. The van der Waals surface area contributed by atoms with Crippen LogP contribution in [0.2, 0.25) is 0 Å². The van der Waals surface area contributed by atoms with E-state index in [1.54, 1.807) is 0 Å². The van der Waals surface area contributed by atoms with E-state index in [0.29, 0.717) is 0 Å². The van der Waals surface area contributed by atoms with Gasteiger partial charge in [0.1, 0.15) is 5.75 Å². The average Bonchev–Trinajstić information content (AvgIpc) is 2.39. The Morgan fingerprint density at radius 2 is 1.94 bits per heavy atom. The van der Waals surface area contributed by atoms with Crippen molar-refractivity contribution in [3.8, 4) is 5.75 Å². The van der Waals surface area contributed by atoms with Crippen LogP contribution in [0, 0.1) is 12.8 Å². The molecule has 1 aliphatic rings. The number of para-hydroxylation sites is 1. The molecule has 0 spiro atoms. The molecule has 0 atom stereocenters. The lowest BCUT2D eigenvalue weighted by atomic mass is 9.99. The fourth-order valence-electron chi connectivity index (χ4n) is 2.47. The highest BCUT2D eigenvalue weighted by atomic mass is 16.5. The molecule has 0 unspecified atom stereocenters. The van der Waals surface area contributed by atoms with E-state index in [2.05, 4.69) is 36.9 Å². The molecular weight excluding hydrogens is 222 g/mol. The number of nitrogens with zero attached hydrogens (tertiary/aromatic N) is 1. The molecule has 0 N–H and O–H groups in total. The summed E-state index contributed by atoms with van der Waals surface area (Å²) >= 11 is 0. The number of rotatable bonds is 5. The molecule has 0 saturated carbocycles. The first-order valence-electron chi connectivity index (χ1n) is 7.16. The van der Waals surface area contributed by atoms with Gasteiger partial charge in [0, 0.05) is 6.54 Å². The summed E-state index contributed by atoms with van der Waals surface area (Å²) < 4.78 is 5.82. The largest absolute Gasteiger partial charge is 0.493 e. The highest BCUT2D eigenvalue weighted by Gasteiger charge is 2.14. The summed E-state index contributed by atoms with van der Waals surface area (Å²) in [4.78, 5) is 2.57. The van der Waals surface area contributed by atoms with Crippen molar-refractivity contribution in [1.82, 2.24) is 4.90 Å². The summed E-state index contributed by atoms with van der Waals surface area (Å²) in [7, 11) is 0. The molecule has 0 aromatic heterocycles. The van der Waals surface area contributed by atoms with Gasteiger partial charge in [-0.25, -0.2) is 0 Å². The average molecular weight is 247 g/mol. The molecular formula is C16H25NO. The van der Waals surface area contributed by atoms with E-state index in [0.717, 1.165) is 24.7 Å². The first kappa shape index (κ1) is 13.4. The van der Waals surface area contributed by atoms with Gasteiger partial charge in [-0.15, -0.1) is 0 Å². The number of hydrogen-bond donors (Lipinski definition) is 0. The van der Waals surface area contributed by atoms with Gasteiger partial charge in [0.05, 0.1) is 6.61 Å². The van der Waals surface area contributed by atoms with E-state index in [-0.39, 0.29) is 0 Å². The predicted octanol–water partition coefficient (Wildman–Crippen LogP) is 3.50. The minimum absolute atomic E-state index is 0.830. The van der Waals surface area contributed by atoms with Gasteiger partial charge in [-0.05, 0) is 56.8 Å². The van der Waals surface area contributed by atoms with Crippen molar-refractivity contribution in [1.29, 1.82) is 0 Å². The minimum Gasteiger partial charge on any atom is -0.493 e. The molecule has 0 amide bonds. The molecule has 1 aromatic carbocycles. The van der Waals surface area contributed by atoms with Crippen LogP contribution in [-0.4, -0.2) is 31.1 Å². The fourth-order valence-corrected chi connectivity index (χ4v) is 2.47. The maximum Gasteiger partial charge on any atom is 0.122 e. The number of ether oxygens (including phenoxy) is 1. The zero-order valence-corrected chi connectivity index (χ0v) is 11.7. The molecule has 0 bridgehead atoms. The molecule has 1 heterocycles. The Bertz CT molecular complexity index is 356. The Hall–Kier alpha value is -1.02. The molecule has 1 fully saturated rings. The second kappa shape index (κ2) is 6.79. The van der Waals surface area contributed by atoms with Crippen LogP contribution in [0.15, 0.2) is 24.3 Å². The molecule has 2 rings (SSSR count). The van der Waals surface area contributed by atoms with Gasteiger partial charge in [-0.3, -0.25) is 0 Å². The predicted molar refractivity (Wildman–Crippen MR) is 76.1 cm³/mol. The number of benzene rings is 1. The first-order chi connectivity index (χ1) is 8.75. The van der Waals surface area contributed by atoms with Crippen LogP contribution < -0.4 is 4.74 Å². The molecule has 0 aliphatic carbocycles. The van der Waals surface area contributed by atoms with Crippen molar-refractivity contribution < 1.29 is 4.74 Å². The standard InChI is InChI=1S/C16H25NO/c1-14-8-11-17(12-9-14)10-5-13-18-16-7-4-3-6-15(16)2/h3-4,6-7,14H,5,8-13H2,1-2H3. The lowest BCUT2D eigenvalue weighted by molar-refractivity contribution is 0.177. The van der Waals surface area contributed by atoms with Crippen molar-refractivity contribution in [2.45, 2.75) is 33.1 Å². The molecule has 1 saturated heterocycles. The molecule has 18 heavy (non-hydrogen) atoms. The van der Waals surface area contributed by atoms with E-state index in [9.17, 15) is 0 Å². The molecule has 2 heteroatoms. The van der Waals surface area contributed by atoms with Gasteiger partial charge < -0.3 is 9.64 Å². The third-order valence-corrected chi connectivity index (χ3v) is 3.85. The van der Waals surface area contributed by atoms with Crippen LogP contribution in [0.1, 0.15) is 31.7 Å². The maximum absolute atomic E-state index is 5.82. The third-order valence-electron chi connectivity index (χ3n) is 3.85. The Labute approximate surface area is 111 Å². The second-order valence-corrected chi connectivity index (χ2v) is 5.49. The van der Waals surface area contributed by atoms with Gasteiger partial charge in [0.15, 0.2) is 0 Å². The van der Waals surface area contributed by atoms with E-state index >= 15 is 0 Å². The summed E-state index contributed by atoms with van der Waals surface area (Å²) in [6.45, 7) is 9.01. The zero-order chi connectivity index (χ0) is 12.8. The Balaban J connectivity index is 1.63. The van der Waals surface area contributed by atoms with Crippen LogP contribution in [0.3, 0.4) is 0 Å². The Morgan fingerprint density at radius 3 is 2.67 bits per heavy atom. The van der Waals surface area contributed by atoms with Crippen LogP contribution in [0.25, 0.3) is 0 Å². The Morgan fingerprint density at radius 1 is 1.22 bits per heavy atom. The summed E-state index contributed by atoms with van der Waals surface area (Å²) in [5, 5.41) is 0. The topological polar surface area (TPSA) is 12.5 Å².